The molecule has 9 heteroatoms. The Kier molecular flexibility index (Phi) is 8.49. The highest BCUT2D eigenvalue weighted by molar-refractivity contribution is 7.96. The minimum atomic E-state index is -1.14. The number of carboxylic acids is 1. The molecule has 0 aliphatic carbocycles. The number of halogens is 2. The van der Waals surface area contributed by atoms with E-state index in [2.05, 4.69) is 15.9 Å². The molecule has 1 fully saturated rings. The Balaban J connectivity index is 1.60. The lowest BCUT2D eigenvalue weighted by Crippen LogP contribution is -2.42. The molecule has 1 saturated heterocycles. The van der Waals surface area contributed by atoms with Gasteiger partial charge in [-0.05, 0) is 48.9 Å². The Morgan fingerprint density at radius 2 is 1.77 bits per heavy atom. The lowest BCUT2D eigenvalue weighted by molar-refractivity contribution is -0.139. The largest absolute Gasteiger partial charge is 0.490 e. The normalized spacial score (nSPS) is 16.0. The molecule has 2 aromatic carbocycles. The van der Waals surface area contributed by atoms with Crippen LogP contribution in [0.25, 0.3) is 0 Å². The van der Waals surface area contributed by atoms with Gasteiger partial charge in [0.2, 0.25) is 0 Å². The van der Waals surface area contributed by atoms with Crippen molar-refractivity contribution < 1.29 is 19.4 Å². The van der Waals surface area contributed by atoms with Crippen LogP contribution >= 0.6 is 35.1 Å². The van der Waals surface area contributed by atoms with E-state index in [1.807, 2.05) is 24.3 Å². The SMILES string of the molecule is CSN1CCC(Oc2ccc(CC(NC(=O)c3c(Cl)cccc3Cl)C(=O)O)cc2)CC1. The topological polar surface area (TPSA) is 78.9 Å². The first-order valence-electron chi connectivity index (χ1n) is 9.89. The van der Waals surface area contributed by atoms with Gasteiger partial charge in [0.15, 0.2) is 0 Å². The van der Waals surface area contributed by atoms with Gasteiger partial charge in [-0.25, -0.2) is 4.79 Å². The minimum Gasteiger partial charge on any atom is -0.490 e. The smallest absolute Gasteiger partial charge is 0.326 e. The van der Waals surface area contributed by atoms with Gasteiger partial charge in [0.1, 0.15) is 17.9 Å². The molecule has 3 rings (SSSR count). The molecule has 1 unspecified atom stereocenters. The predicted molar refractivity (Wildman–Crippen MR) is 124 cm³/mol. The van der Waals surface area contributed by atoms with E-state index < -0.39 is 17.9 Å². The first-order chi connectivity index (χ1) is 14.9. The number of amides is 1. The summed E-state index contributed by atoms with van der Waals surface area (Å²) >= 11 is 13.9. The summed E-state index contributed by atoms with van der Waals surface area (Å²) in [6, 6.07) is 10.9. The third-order valence-electron chi connectivity index (χ3n) is 5.12. The quantitative estimate of drug-likeness (QED) is 0.537. The fraction of sp³-hybridized carbons (Fsp3) is 0.364. The molecule has 0 bridgehead atoms. The third kappa shape index (κ3) is 6.53. The molecule has 1 heterocycles. The fourth-order valence-corrected chi connectivity index (χ4v) is 4.56. The number of carbonyl (C=O) groups excluding carboxylic acids is 1. The highest BCUT2D eigenvalue weighted by Gasteiger charge is 2.24. The summed E-state index contributed by atoms with van der Waals surface area (Å²) in [4.78, 5) is 24.3. The van der Waals surface area contributed by atoms with Crippen LogP contribution < -0.4 is 10.1 Å². The lowest BCUT2D eigenvalue weighted by atomic mass is 10.0. The maximum Gasteiger partial charge on any atom is 0.326 e. The first-order valence-corrected chi connectivity index (χ1v) is 11.8. The van der Waals surface area contributed by atoms with Crippen molar-refractivity contribution in [2.24, 2.45) is 0 Å². The van der Waals surface area contributed by atoms with E-state index in [1.165, 1.54) is 12.1 Å². The zero-order valence-corrected chi connectivity index (χ0v) is 19.3. The minimum absolute atomic E-state index is 0.0633. The van der Waals surface area contributed by atoms with Crippen molar-refractivity contribution in [2.45, 2.75) is 31.4 Å². The number of rotatable bonds is 8. The van der Waals surface area contributed by atoms with E-state index in [0.29, 0.717) is 0 Å². The van der Waals surface area contributed by atoms with Gasteiger partial charge < -0.3 is 15.2 Å². The predicted octanol–water partition coefficient (Wildman–Crippen LogP) is 4.54. The van der Waals surface area contributed by atoms with Crippen LogP contribution in [0.15, 0.2) is 42.5 Å². The highest BCUT2D eigenvalue weighted by Crippen LogP contribution is 2.25. The Morgan fingerprint density at radius 3 is 2.32 bits per heavy atom. The molecule has 2 aromatic rings. The molecular formula is C22H24Cl2N2O4S. The Labute approximate surface area is 196 Å². The summed E-state index contributed by atoms with van der Waals surface area (Å²) in [6.45, 7) is 2.00. The average Bonchev–Trinajstić information content (AvgIpc) is 2.75. The van der Waals surface area contributed by atoms with E-state index in [0.717, 1.165) is 37.2 Å². The van der Waals surface area contributed by atoms with Gasteiger partial charge >= 0.3 is 5.97 Å². The number of piperidine rings is 1. The Bertz CT molecular complexity index is 898. The van der Waals surface area contributed by atoms with Crippen LogP contribution in [0.4, 0.5) is 0 Å². The maximum absolute atomic E-state index is 12.5. The Hall–Kier alpha value is -1.93. The van der Waals surface area contributed by atoms with E-state index in [9.17, 15) is 14.7 Å². The van der Waals surface area contributed by atoms with Crippen LogP contribution in [-0.4, -0.2) is 52.8 Å². The van der Waals surface area contributed by atoms with Crippen molar-refractivity contribution >= 4 is 47.0 Å². The fourth-order valence-electron chi connectivity index (χ4n) is 3.41. The van der Waals surface area contributed by atoms with Crippen LogP contribution in [-0.2, 0) is 11.2 Å². The molecule has 1 amide bonds. The molecule has 0 spiro atoms. The number of benzene rings is 2. The van der Waals surface area contributed by atoms with Gasteiger partial charge in [0.05, 0.1) is 15.6 Å². The summed E-state index contributed by atoms with van der Waals surface area (Å²) in [6.07, 6.45) is 4.33. The number of nitrogens with zero attached hydrogens (tertiary/aromatic N) is 1. The van der Waals surface area contributed by atoms with Crippen molar-refractivity contribution in [2.75, 3.05) is 19.3 Å². The third-order valence-corrected chi connectivity index (χ3v) is 6.63. The average molecular weight is 483 g/mol. The van der Waals surface area contributed by atoms with Gasteiger partial charge in [0.25, 0.3) is 5.91 Å². The first kappa shape index (κ1) is 23.7. The summed E-state index contributed by atoms with van der Waals surface area (Å²) < 4.78 is 8.37. The molecule has 1 aliphatic rings. The summed E-state index contributed by atoms with van der Waals surface area (Å²) in [7, 11) is 0. The second-order valence-electron chi connectivity index (χ2n) is 7.24. The highest BCUT2D eigenvalue weighted by atomic mass is 35.5. The molecule has 1 atom stereocenters. The van der Waals surface area contributed by atoms with Crippen molar-refractivity contribution in [1.82, 2.24) is 9.62 Å². The van der Waals surface area contributed by atoms with Crippen molar-refractivity contribution in [3.05, 3.63) is 63.6 Å². The second kappa shape index (κ2) is 11.1. The zero-order valence-electron chi connectivity index (χ0n) is 17.0. The monoisotopic (exact) mass is 482 g/mol. The van der Waals surface area contributed by atoms with Gasteiger partial charge in [-0.15, -0.1) is 0 Å². The molecule has 31 heavy (non-hydrogen) atoms. The van der Waals surface area contributed by atoms with Crippen molar-refractivity contribution in [1.29, 1.82) is 0 Å². The van der Waals surface area contributed by atoms with E-state index in [1.54, 1.807) is 18.0 Å². The van der Waals surface area contributed by atoms with Gasteiger partial charge in [-0.3, -0.25) is 9.10 Å². The van der Waals surface area contributed by atoms with E-state index in [-0.39, 0.29) is 28.1 Å². The van der Waals surface area contributed by atoms with Crippen LogP contribution in [0.3, 0.4) is 0 Å². The molecule has 0 radical (unpaired) electrons. The van der Waals surface area contributed by atoms with Gasteiger partial charge in [0, 0.05) is 19.5 Å². The van der Waals surface area contributed by atoms with Crippen LogP contribution in [0, 0.1) is 0 Å². The number of aliphatic carboxylic acids is 1. The molecular weight excluding hydrogens is 459 g/mol. The Morgan fingerprint density at radius 1 is 1.16 bits per heavy atom. The van der Waals surface area contributed by atoms with Crippen molar-refractivity contribution in [3.8, 4) is 5.75 Å². The zero-order chi connectivity index (χ0) is 22.4. The van der Waals surface area contributed by atoms with Crippen LogP contribution in [0.2, 0.25) is 10.0 Å². The summed E-state index contributed by atoms with van der Waals surface area (Å²) in [5.74, 6) is -1.01. The number of carbonyl (C=O) groups is 2. The van der Waals surface area contributed by atoms with Crippen LogP contribution in [0.5, 0.6) is 5.75 Å². The maximum atomic E-state index is 12.5. The molecule has 0 saturated carbocycles. The number of ether oxygens (including phenoxy) is 1. The molecule has 6 nitrogen and oxygen atoms in total. The lowest BCUT2D eigenvalue weighted by Gasteiger charge is -2.30. The second-order valence-corrected chi connectivity index (χ2v) is 8.93. The van der Waals surface area contributed by atoms with Crippen LogP contribution in [0.1, 0.15) is 28.8 Å². The number of carboxylic acid groups (broad SMARTS) is 1. The van der Waals surface area contributed by atoms with Gasteiger partial charge in [-0.1, -0.05) is 53.3 Å². The molecule has 0 aromatic heterocycles. The number of hydrogen-bond donors (Lipinski definition) is 2. The van der Waals surface area contributed by atoms with E-state index >= 15 is 0 Å². The summed E-state index contributed by atoms with van der Waals surface area (Å²) in [5.41, 5.74) is 0.829. The van der Waals surface area contributed by atoms with E-state index in [4.69, 9.17) is 27.9 Å². The van der Waals surface area contributed by atoms with Crippen molar-refractivity contribution in [3.63, 3.8) is 0 Å². The number of nitrogens with one attached hydrogen (secondary N) is 1. The molecule has 2 N–H and O–H groups in total. The standard InChI is InChI=1S/C22H24Cl2N2O4S/c1-31-26-11-9-16(10-12-26)30-15-7-5-14(6-8-15)13-19(22(28)29)25-21(27)20-17(23)3-2-4-18(20)24/h2-8,16,19H,9-13H2,1H3,(H,25,27)(H,28,29). The number of hydrogen-bond acceptors (Lipinski definition) is 5. The molecule has 166 valence electrons. The van der Waals surface area contributed by atoms with Gasteiger partial charge in [-0.2, -0.15) is 0 Å². The molecule has 1 aliphatic heterocycles. The summed E-state index contributed by atoms with van der Waals surface area (Å²) in [5, 5.41) is 12.4.